The Morgan fingerprint density at radius 3 is 2.74 bits per heavy atom. The van der Waals surface area contributed by atoms with Crippen LogP contribution in [-0.4, -0.2) is 33.4 Å². The van der Waals surface area contributed by atoms with Crippen molar-refractivity contribution in [1.82, 2.24) is 0 Å². The van der Waals surface area contributed by atoms with E-state index in [9.17, 15) is 8.42 Å². The van der Waals surface area contributed by atoms with Gasteiger partial charge in [0.1, 0.15) is 0 Å². The van der Waals surface area contributed by atoms with Crippen LogP contribution in [0.4, 0.5) is 11.4 Å². The normalized spacial score (nSPS) is 23.5. The van der Waals surface area contributed by atoms with E-state index in [-0.39, 0.29) is 10.5 Å². The molecular weight excluding hydrogens is 264 g/mol. The molecule has 1 aliphatic heterocycles. The number of nitrogen functional groups attached to an aromatic ring is 1. The van der Waals surface area contributed by atoms with Crippen molar-refractivity contribution in [2.24, 2.45) is 0 Å². The van der Waals surface area contributed by atoms with Gasteiger partial charge in [-0.15, -0.1) is 0 Å². The molecular formula is C13H20N2O3S. The van der Waals surface area contributed by atoms with Crippen LogP contribution in [0.5, 0.6) is 0 Å². The highest BCUT2D eigenvalue weighted by Gasteiger charge is 2.29. The van der Waals surface area contributed by atoms with E-state index in [0.717, 1.165) is 25.1 Å². The molecule has 1 atom stereocenters. The number of ether oxygens (including phenoxy) is 1. The zero-order chi connectivity index (χ0) is 14.1. The Morgan fingerprint density at radius 2 is 2.21 bits per heavy atom. The molecule has 5 nitrogen and oxygen atoms in total. The number of hydrogen-bond donors (Lipinski definition) is 2. The van der Waals surface area contributed by atoms with Gasteiger partial charge >= 0.3 is 0 Å². The molecule has 1 heterocycles. The monoisotopic (exact) mass is 284 g/mol. The minimum absolute atomic E-state index is 0.165. The molecule has 0 aromatic heterocycles. The smallest absolute Gasteiger partial charge is 0.175 e. The quantitative estimate of drug-likeness (QED) is 0.822. The van der Waals surface area contributed by atoms with Gasteiger partial charge in [-0.3, -0.25) is 0 Å². The molecule has 1 aromatic rings. The first-order valence-electron chi connectivity index (χ1n) is 6.28. The number of anilines is 2. The third kappa shape index (κ3) is 3.39. The fourth-order valence-electron chi connectivity index (χ4n) is 2.19. The summed E-state index contributed by atoms with van der Waals surface area (Å²) in [6.07, 6.45) is 3.25. The van der Waals surface area contributed by atoms with Crippen LogP contribution in [0, 0.1) is 0 Å². The standard InChI is InChI=1S/C13H20N2O3S/c1-13(6-3-7-18-13)9-15-12-5-4-10(8-11(12)14)19(2,16)17/h4-5,8,15H,3,6-7,9,14H2,1-2H3. The van der Waals surface area contributed by atoms with E-state index in [0.29, 0.717) is 12.2 Å². The van der Waals surface area contributed by atoms with E-state index < -0.39 is 9.84 Å². The second-order valence-corrected chi connectivity index (χ2v) is 7.29. The second kappa shape index (κ2) is 5.02. The molecule has 1 fully saturated rings. The lowest BCUT2D eigenvalue weighted by Crippen LogP contribution is -2.32. The molecule has 0 aliphatic carbocycles. The Hall–Kier alpha value is -1.27. The predicted octanol–water partition coefficient (Wildman–Crippen LogP) is 1.65. The molecule has 1 saturated heterocycles. The Morgan fingerprint density at radius 1 is 1.47 bits per heavy atom. The Labute approximate surface area is 114 Å². The topological polar surface area (TPSA) is 81.4 Å². The molecule has 6 heteroatoms. The first-order chi connectivity index (χ1) is 8.80. The molecule has 0 bridgehead atoms. The largest absolute Gasteiger partial charge is 0.397 e. The van der Waals surface area contributed by atoms with E-state index in [2.05, 4.69) is 12.2 Å². The van der Waals surface area contributed by atoms with Gasteiger partial charge in [0.15, 0.2) is 9.84 Å². The number of benzene rings is 1. The average Bonchev–Trinajstić information content (AvgIpc) is 2.74. The highest BCUT2D eigenvalue weighted by atomic mass is 32.2. The average molecular weight is 284 g/mol. The van der Waals surface area contributed by atoms with Gasteiger partial charge in [-0.2, -0.15) is 0 Å². The van der Waals surface area contributed by atoms with E-state index in [1.807, 2.05) is 0 Å². The van der Waals surface area contributed by atoms with Crippen LogP contribution in [-0.2, 0) is 14.6 Å². The zero-order valence-corrected chi connectivity index (χ0v) is 12.1. The zero-order valence-electron chi connectivity index (χ0n) is 11.3. The lowest BCUT2D eigenvalue weighted by molar-refractivity contribution is 0.0315. The Kier molecular flexibility index (Phi) is 3.73. The fraction of sp³-hybridized carbons (Fsp3) is 0.538. The fourth-order valence-corrected chi connectivity index (χ4v) is 2.85. The number of nitrogens with two attached hydrogens (primary N) is 1. The number of rotatable bonds is 4. The number of sulfone groups is 1. The predicted molar refractivity (Wildman–Crippen MR) is 76.0 cm³/mol. The van der Waals surface area contributed by atoms with Crippen LogP contribution in [0.15, 0.2) is 23.1 Å². The molecule has 3 N–H and O–H groups in total. The number of nitrogens with one attached hydrogen (secondary N) is 1. The summed E-state index contributed by atoms with van der Waals surface area (Å²) in [5.41, 5.74) is 6.89. The third-order valence-corrected chi connectivity index (χ3v) is 4.51. The van der Waals surface area contributed by atoms with Gasteiger partial charge < -0.3 is 15.8 Å². The third-order valence-electron chi connectivity index (χ3n) is 3.40. The van der Waals surface area contributed by atoms with Crippen LogP contribution in [0.3, 0.4) is 0 Å². The molecule has 0 amide bonds. The van der Waals surface area contributed by atoms with Gasteiger partial charge in [0.25, 0.3) is 0 Å². The maximum Gasteiger partial charge on any atom is 0.175 e. The first kappa shape index (κ1) is 14.1. The molecule has 106 valence electrons. The van der Waals surface area contributed by atoms with Crippen molar-refractivity contribution in [2.75, 3.05) is 30.5 Å². The Balaban J connectivity index is 2.09. The molecule has 1 aromatic carbocycles. The van der Waals surface area contributed by atoms with Gasteiger partial charge in [0.2, 0.25) is 0 Å². The van der Waals surface area contributed by atoms with Crippen LogP contribution in [0.25, 0.3) is 0 Å². The lowest BCUT2D eigenvalue weighted by atomic mass is 10.0. The molecule has 2 rings (SSSR count). The molecule has 19 heavy (non-hydrogen) atoms. The SMILES string of the molecule is CC1(CNc2ccc(S(C)(=O)=O)cc2N)CCCO1. The van der Waals surface area contributed by atoms with Crippen LogP contribution < -0.4 is 11.1 Å². The molecule has 1 aliphatic rings. The van der Waals surface area contributed by atoms with Crippen molar-refractivity contribution in [3.63, 3.8) is 0 Å². The minimum atomic E-state index is -3.22. The van der Waals surface area contributed by atoms with Gasteiger partial charge in [-0.05, 0) is 38.0 Å². The summed E-state index contributed by atoms with van der Waals surface area (Å²) in [4.78, 5) is 0.235. The van der Waals surface area contributed by atoms with Crippen LogP contribution >= 0.6 is 0 Å². The summed E-state index contributed by atoms with van der Waals surface area (Å²) in [5.74, 6) is 0. The highest BCUT2D eigenvalue weighted by molar-refractivity contribution is 7.90. The van der Waals surface area contributed by atoms with Crippen molar-refractivity contribution in [2.45, 2.75) is 30.3 Å². The van der Waals surface area contributed by atoms with Crippen molar-refractivity contribution in [1.29, 1.82) is 0 Å². The number of hydrogen-bond acceptors (Lipinski definition) is 5. The Bertz CT molecular complexity index is 563. The summed E-state index contributed by atoms with van der Waals surface area (Å²) >= 11 is 0. The van der Waals surface area contributed by atoms with E-state index in [1.54, 1.807) is 12.1 Å². The molecule has 0 radical (unpaired) electrons. The van der Waals surface area contributed by atoms with Gasteiger partial charge in [0.05, 0.1) is 21.9 Å². The molecule has 0 spiro atoms. The van der Waals surface area contributed by atoms with Gasteiger partial charge in [-0.1, -0.05) is 0 Å². The minimum Gasteiger partial charge on any atom is -0.397 e. The summed E-state index contributed by atoms with van der Waals surface area (Å²) in [6, 6.07) is 4.74. The van der Waals surface area contributed by atoms with Crippen LogP contribution in [0.1, 0.15) is 19.8 Å². The van der Waals surface area contributed by atoms with Crippen molar-refractivity contribution < 1.29 is 13.2 Å². The van der Waals surface area contributed by atoms with Crippen LogP contribution in [0.2, 0.25) is 0 Å². The van der Waals surface area contributed by atoms with Crippen molar-refractivity contribution >= 4 is 21.2 Å². The highest BCUT2D eigenvalue weighted by Crippen LogP contribution is 2.27. The summed E-state index contributed by atoms with van der Waals surface area (Å²) < 4.78 is 28.5. The van der Waals surface area contributed by atoms with E-state index >= 15 is 0 Å². The van der Waals surface area contributed by atoms with Crippen molar-refractivity contribution in [3.05, 3.63) is 18.2 Å². The maximum absolute atomic E-state index is 11.4. The second-order valence-electron chi connectivity index (χ2n) is 5.28. The lowest BCUT2D eigenvalue weighted by Gasteiger charge is -2.24. The van der Waals surface area contributed by atoms with Gasteiger partial charge in [-0.25, -0.2) is 8.42 Å². The summed E-state index contributed by atoms with van der Waals surface area (Å²) in [6.45, 7) is 3.52. The van der Waals surface area contributed by atoms with Crippen molar-refractivity contribution in [3.8, 4) is 0 Å². The molecule has 0 saturated carbocycles. The summed E-state index contributed by atoms with van der Waals surface area (Å²) in [5, 5.41) is 3.23. The first-order valence-corrected chi connectivity index (χ1v) is 8.17. The van der Waals surface area contributed by atoms with E-state index in [1.165, 1.54) is 12.3 Å². The summed E-state index contributed by atoms with van der Waals surface area (Å²) in [7, 11) is -3.22. The molecule has 1 unspecified atom stereocenters. The van der Waals surface area contributed by atoms with Gasteiger partial charge in [0, 0.05) is 19.4 Å². The van der Waals surface area contributed by atoms with E-state index in [4.69, 9.17) is 10.5 Å². The maximum atomic E-state index is 11.4.